The maximum atomic E-state index is 12.9. The predicted octanol–water partition coefficient (Wildman–Crippen LogP) is 3.33. The van der Waals surface area contributed by atoms with Gasteiger partial charge in [-0.1, -0.05) is 23.7 Å². The van der Waals surface area contributed by atoms with Crippen molar-refractivity contribution in [1.29, 1.82) is 0 Å². The number of rotatable bonds is 5. The predicted molar refractivity (Wildman–Crippen MR) is 103 cm³/mol. The fourth-order valence-electron chi connectivity index (χ4n) is 3.07. The van der Waals surface area contributed by atoms with Gasteiger partial charge in [0.15, 0.2) is 5.78 Å². The lowest BCUT2D eigenvalue weighted by Crippen LogP contribution is -2.43. The summed E-state index contributed by atoms with van der Waals surface area (Å²) in [6, 6.07) is 11.6. The number of carbonyl (C=O) groups is 2. The van der Waals surface area contributed by atoms with Gasteiger partial charge in [-0.3, -0.25) is 9.59 Å². The fraction of sp³-hybridized carbons (Fsp3) is 0.263. The topological polar surface area (TPSA) is 83.6 Å². The summed E-state index contributed by atoms with van der Waals surface area (Å²) in [5.41, 5.74) is 0.938. The number of carbonyl (C=O) groups excluding carboxylic acids is 2. The zero-order valence-corrected chi connectivity index (χ0v) is 16.3. The number of Topliss-reactive ketones (excluding diaryl/α,β-unsaturated/α-hetero) is 1. The van der Waals surface area contributed by atoms with Crippen molar-refractivity contribution in [3.8, 4) is 0 Å². The van der Waals surface area contributed by atoms with Gasteiger partial charge in [0, 0.05) is 22.8 Å². The molecular weight excluding hydrogens is 388 g/mol. The third-order valence-corrected chi connectivity index (χ3v) is 6.64. The first-order valence-electron chi connectivity index (χ1n) is 8.48. The van der Waals surface area contributed by atoms with Gasteiger partial charge in [0.05, 0.1) is 4.90 Å². The smallest absolute Gasteiger partial charge is 0.243 e. The summed E-state index contributed by atoms with van der Waals surface area (Å²) in [6.45, 7) is 1.72. The van der Waals surface area contributed by atoms with Gasteiger partial charge in [0.25, 0.3) is 0 Å². The molecule has 1 atom stereocenters. The Labute approximate surface area is 163 Å². The first-order chi connectivity index (χ1) is 12.8. The Balaban J connectivity index is 1.81. The van der Waals surface area contributed by atoms with Crippen molar-refractivity contribution in [2.24, 2.45) is 0 Å². The molecule has 0 aliphatic carbocycles. The van der Waals surface area contributed by atoms with Crippen molar-refractivity contribution in [2.75, 3.05) is 11.9 Å². The monoisotopic (exact) mass is 406 g/mol. The van der Waals surface area contributed by atoms with E-state index in [0.717, 1.165) is 0 Å². The van der Waals surface area contributed by atoms with E-state index in [9.17, 15) is 18.0 Å². The molecule has 0 aromatic heterocycles. The van der Waals surface area contributed by atoms with Crippen LogP contribution in [0.5, 0.6) is 0 Å². The molecule has 6 nitrogen and oxygen atoms in total. The molecule has 1 N–H and O–H groups in total. The normalized spacial score (nSPS) is 17.6. The van der Waals surface area contributed by atoms with E-state index in [1.807, 2.05) is 0 Å². The molecule has 1 heterocycles. The molecule has 0 radical (unpaired) electrons. The van der Waals surface area contributed by atoms with Crippen LogP contribution >= 0.6 is 11.6 Å². The van der Waals surface area contributed by atoms with Crippen LogP contribution in [-0.2, 0) is 14.8 Å². The molecule has 1 aliphatic heterocycles. The lowest BCUT2D eigenvalue weighted by molar-refractivity contribution is -0.119. The van der Waals surface area contributed by atoms with Gasteiger partial charge in [0.1, 0.15) is 6.04 Å². The first-order valence-corrected chi connectivity index (χ1v) is 10.3. The second-order valence-electron chi connectivity index (χ2n) is 6.35. The number of anilines is 1. The van der Waals surface area contributed by atoms with Crippen molar-refractivity contribution in [1.82, 2.24) is 4.31 Å². The summed E-state index contributed by atoms with van der Waals surface area (Å²) in [5, 5.41) is 3.16. The molecule has 1 amide bonds. The van der Waals surface area contributed by atoms with Crippen LogP contribution in [0.25, 0.3) is 0 Å². The van der Waals surface area contributed by atoms with E-state index in [1.54, 1.807) is 24.3 Å². The third kappa shape index (κ3) is 4.21. The number of ketones is 1. The Morgan fingerprint density at radius 1 is 1.15 bits per heavy atom. The Hall–Kier alpha value is -2.22. The minimum absolute atomic E-state index is 0.102. The van der Waals surface area contributed by atoms with E-state index in [-0.39, 0.29) is 17.2 Å². The zero-order chi connectivity index (χ0) is 19.6. The van der Waals surface area contributed by atoms with E-state index < -0.39 is 22.0 Å². The van der Waals surface area contributed by atoms with Crippen molar-refractivity contribution in [3.05, 3.63) is 59.1 Å². The van der Waals surface area contributed by atoms with Crippen LogP contribution in [0.1, 0.15) is 30.1 Å². The van der Waals surface area contributed by atoms with E-state index in [4.69, 9.17) is 11.6 Å². The lowest BCUT2D eigenvalue weighted by atomic mass is 10.1. The van der Waals surface area contributed by atoms with Crippen LogP contribution in [0.15, 0.2) is 53.4 Å². The van der Waals surface area contributed by atoms with E-state index in [0.29, 0.717) is 29.1 Å². The number of halogens is 1. The highest BCUT2D eigenvalue weighted by Crippen LogP contribution is 2.27. The number of hydrogen-bond acceptors (Lipinski definition) is 4. The standard InChI is InChI=1S/C19H19ClN2O4S/c1-13(23)14-4-2-5-16(12-14)21-19(24)18-6-3-11-22(18)27(25,26)17-9-7-15(20)8-10-17/h2,4-5,7-10,12,18H,3,6,11H2,1H3,(H,21,24). The molecule has 3 rings (SSSR count). The van der Waals surface area contributed by atoms with Crippen LogP contribution in [-0.4, -0.2) is 37.0 Å². The van der Waals surface area contributed by atoms with Crippen molar-refractivity contribution in [2.45, 2.75) is 30.7 Å². The molecule has 27 heavy (non-hydrogen) atoms. The largest absolute Gasteiger partial charge is 0.325 e. The van der Waals surface area contributed by atoms with E-state index in [1.165, 1.54) is 35.5 Å². The second-order valence-corrected chi connectivity index (χ2v) is 8.68. The molecule has 1 unspecified atom stereocenters. The van der Waals surface area contributed by atoms with Gasteiger partial charge in [-0.25, -0.2) is 8.42 Å². The summed E-state index contributed by atoms with van der Waals surface area (Å²) >= 11 is 5.83. The SMILES string of the molecule is CC(=O)c1cccc(NC(=O)C2CCCN2S(=O)(=O)c2ccc(Cl)cc2)c1. The molecule has 2 aromatic rings. The molecular formula is C19H19ClN2O4S. The average molecular weight is 407 g/mol. The molecule has 0 spiro atoms. The van der Waals surface area contributed by atoms with Crippen molar-refractivity contribution in [3.63, 3.8) is 0 Å². The molecule has 1 fully saturated rings. The summed E-state index contributed by atoms with van der Waals surface area (Å²) in [5.74, 6) is -0.523. The van der Waals surface area contributed by atoms with Crippen molar-refractivity contribution >= 4 is 39.0 Å². The quantitative estimate of drug-likeness (QED) is 0.772. The van der Waals surface area contributed by atoms with Gasteiger partial charge in [0.2, 0.25) is 15.9 Å². The van der Waals surface area contributed by atoms with Gasteiger partial charge >= 0.3 is 0 Å². The summed E-state index contributed by atoms with van der Waals surface area (Å²) in [6.07, 6.45) is 1.03. The zero-order valence-electron chi connectivity index (χ0n) is 14.7. The number of nitrogens with zero attached hydrogens (tertiary/aromatic N) is 1. The molecule has 2 aromatic carbocycles. The van der Waals surface area contributed by atoms with Gasteiger partial charge < -0.3 is 5.32 Å². The van der Waals surface area contributed by atoms with Crippen LogP contribution in [0.2, 0.25) is 5.02 Å². The van der Waals surface area contributed by atoms with E-state index >= 15 is 0 Å². The number of hydrogen-bond donors (Lipinski definition) is 1. The minimum Gasteiger partial charge on any atom is -0.325 e. The molecule has 1 saturated heterocycles. The number of amides is 1. The van der Waals surface area contributed by atoms with Gasteiger partial charge in [-0.15, -0.1) is 0 Å². The maximum Gasteiger partial charge on any atom is 0.243 e. The Kier molecular flexibility index (Phi) is 5.64. The highest BCUT2D eigenvalue weighted by molar-refractivity contribution is 7.89. The van der Waals surface area contributed by atoms with Crippen molar-refractivity contribution < 1.29 is 18.0 Å². The minimum atomic E-state index is -3.80. The van der Waals surface area contributed by atoms with Crippen LogP contribution in [0.4, 0.5) is 5.69 Å². The third-order valence-electron chi connectivity index (χ3n) is 4.46. The molecule has 0 saturated carbocycles. The Morgan fingerprint density at radius 3 is 2.52 bits per heavy atom. The average Bonchev–Trinajstić information content (AvgIpc) is 3.13. The van der Waals surface area contributed by atoms with Gasteiger partial charge in [-0.05, 0) is 56.2 Å². The van der Waals surface area contributed by atoms with Crippen LogP contribution in [0.3, 0.4) is 0 Å². The summed E-state index contributed by atoms with van der Waals surface area (Å²) in [4.78, 5) is 24.3. The van der Waals surface area contributed by atoms with Crippen LogP contribution < -0.4 is 5.32 Å². The molecule has 0 bridgehead atoms. The second kappa shape index (κ2) is 7.80. The summed E-state index contributed by atoms with van der Waals surface area (Å²) in [7, 11) is -3.80. The molecule has 142 valence electrons. The molecule has 1 aliphatic rings. The highest BCUT2D eigenvalue weighted by atomic mass is 35.5. The van der Waals surface area contributed by atoms with Gasteiger partial charge in [-0.2, -0.15) is 4.31 Å². The Bertz CT molecular complexity index is 973. The maximum absolute atomic E-state index is 12.9. The van der Waals surface area contributed by atoms with E-state index in [2.05, 4.69) is 5.32 Å². The fourth-order valence-corrected chi connectivity index (χ4v) is 4.86. The number of sulfonamides is 1. The molecule has 8 heteroatoms. The highest BCUT2D eigenvalue weighted by Gasteiger charge is 2.39. The Morgan fingerprint density at radius 2 is 1.85 bits per heavy atom. The number of nitrogens with one attached hydrogen (secondary N) is 1. The lowest BCUT2D eigenvalue weighted by Gasteiger charge is -2.23. The summed E-state index contributed by atoms with van der Waals surface area (Å²) < 4.78 is 27.1. The first kappa shape index (κ1) is 19.5. The van der Waals surface area contributed by atoms with Crippen LogP contribution in [0, 0.1) is 0 Å². The number of benzene rings is 2.